The Morgan fingerprint density at radius 3 is 2.75 bits per heavy atom. The number of rotatable bonds is 6. The first kappa shape index (κ1) is 19.7. The number of para-hydroxylation sites is 1. The average molecular weight is 387 g/mol. The molecule has 1 aromatic rings. The van der Waals surface area contributed by atoms with Gasteiger partial charge in [-0.2, -0.15) is 0 Å². The molecule has 3 aliphatic rings. The second kappa shape index (κ2) is 8.42. The topological polar surface area (TPSA) is 53.0 Å². The van der Waals surface area contributed by atoms with Crippen molar-refractivity contribution in [1.29, 1.82) is 0 Å². The van der Waals surface area contributed by atoms with Crippen molar-refractivity contribution >= 4 is 5.91 Å². The van der Waals surface area contributed by atoms with Crippen molar-refractivity contribution in [3.8, 4) is 5.75 Å². The second-order valence-electron chi connectivity index (χ2n) is 8.82. The lowest BCUT2D eigenvalue weighted by molar-refractivity contribution is -0.152. The van der Waals surface area contributed by atoms with Gasteiger partial charge in [-0.3, -0.25) is 9.69 Å². The van der Waals surface area contributed by atoms with Crippen LogP contribution in [0.15, 0.2) is 24.3 Å². The molecule has 1 N–H and O–H groups in total. The van der Waals surface area contributed by atoms with E-state index in [0.717, 1.165) is 64.0 Å². The molecule has 1 aliphatic carbocycles. The number of likely N-dealkylation sites (tertiary alicyclic amines) is 2. The van der Waals surface area contributed by atoms with Crippen LogP contribution in [-0.4, -0.2) is 65.7 Å². The maximum atomic E-state index is 12.6. The quantitative estimate of drug-likeness (QED) is 0.817. The van der Waals surface area contributed by atoms with Gasteiger partial charge < -0.3 is 14.7 Å². The summed E-state index contributed by atoms with van der Waals surface area (Å²) in [5.74, 6) is 1.71. The molecule has 0 aromatic heterocycles. The molecule has 2 atom stereocenters. The summed E-state index contributed by atoms with van der Waals surface area (Å²) in [6.07, 6.45) is 5.78. The van der Waals surface area contributed by atoms with Crippen molar-refractivity contribution in [3.05, 3.63) is 29.8 Å². The number of aliphatic hydroxyl groups is 1. The van der Waals surface area contributed by atoms with Gasteiger partial charge in [0.1, 0.15) is 12.4 Å². The SMILES string of the molecule is CCc1ccccc1OCCN1CC[C@@]2(O)CCN(C(=O)C3CCC3)C[C@H]2C1. The van der Waals surface area contributed by atoms with Crippen LogP contribution >= 0.6 is 0 Å². The molecule has 4 rings (SSSR count). The number of fused-ring (bicyclic) bond motifs is 1. The Bertz CT molecular complexity index is 690. The highest BCUT2D eigenvalue weighted by Gasteiger charge is 2.46. The fraction of sp³-hybridized carbons (Fsp3) is 0.696. The van der Waals surface area contributed by atoms with Gasteiger partial charge >= 0.3 is 0 Å². The number of nitrogens with zero attached hydrogens (tertiary/aromatic N) is 2. The highest BCUT2D eigenvalue weighted by Crippen LogP contribution is 2.37. The van der Waals surface area contributed by atoms with Gasteiger partial charge in [0, 0.05) is 44.6 Å². The molecule has 2 saturated heterocycles. The fourth-order valence-electron chi connectivity index (χ4n) is 4.91. The maximum Gasteiger partial charge on any atom is 0.225 e. The monoisotopic (exact) mass is 386 g/mol. The third-order valence-corrected chi connectivity index (χ3v) is 7.14. The van der Waals surface area contributed by atoms with Crippen LogP contribution in [0.1, 0.15) is 44.6 Å². The minimum atomic E-state index is -0.595. The standard InChI is InChI=1S/C23H34N2O3/c1-2-18-6-3-4-9-21(18)28-15-14-24-12-10-23(27)11-13-25(17-20(23)16-24)22(26)19-7-5-8-19/h3-4,6,9,19-20,27H,2,5,7-8,10-17H2,1H3/t20-,23-/m1/s1. The van der Waals surface area contributed by atoms with E-state index in [4.69, 9.17) is 4.74 Å². The zero-order valence-corrected chi connectivity index (χ0v) is 17.1. The van der Waals surface area contributed by atoms with Crippen LogP contribution in [0.25, 0.3) is 0 Å². The van der Waals surface area contributed by atoms with E-state index in [0.29, 0.717) is 19.1 Å². The van der Waals surface area contributed by atoms with Crippen molar-refractivity contribution in [2.45, 2.75) is 51.0 Å². The molecule has 5 heteroatoms. The Morgan fingerprint density at radius 1 is 1.21 bits per heavy atom. The van der Waals surface area contributed by atoms with Crippen molar-refractivity contribution in [2.24, 2.45) is 11.8 Å². The van der Waals surface area contributed by atoms with Gasteiger partial charge in [-0.05, 0) is 43.7 Å². The van der Waals surface area contributed by atoms with Crippen molar-refractivity contribution < 1.29 is 14.6 Å². The van der Waals surface area contributed by atoms with Crippen molar-refractivity contribution in [2.75, 3.05) is 39.3 Å². The van der Waals surface area contributed by atoms with Gasteiger partial charge in [-0.1, -0.05) is 31.5 Å². The number of carbonyl (C=O) groups excluding carboxylic acids is 1. The lowest BCUT2D eigenvalue weighted by Gasteiger charge is -2.51. The zero-order valence-electron chi connectivity index (χ0n) is 17.1. The molecular weight excluding hydrogens is 352 g/mol. The van der Waals surface area contributed by atoms with Gasteiger partial charge in [0.2, 0.25) is 5.91 Å². The third kappa shape index (κ3) is 4.06. The minimum absolute atomic E-state index is 0.155. The minimum Gasteiger partial charge on any atom is -0.492 e. The van der Waals surface area contributed by atoms with Crippen LogP contribution in [0, 0.1) is 11.8 Å². The van der Waals surface area contributed by atoms with Crippen LogP contribution in [0.3, 0.4) is 0 Å². The van der Waals surface area contributed by atoms with Gasteiger partial charge in [0.25, 0.3) is 0 Å². The number of carbonyl (C=O) groups is 1. The zero-order chi connectivity index (χ0) is 19.6. The normalized spacial score (nSPS) is 28.5. The van der Waals surface area contributed by atoms with E-state index in [1.54, 1.807) is 0 Å². The first-order valence-electron chi connectivity index (χ1n) is 11.0. The summed E-state index contributed by atoms with van der Waals surface area (Å²) < 4.78 is 6.04. The Labute approximate surface area is 168 Å². The number of piperidine rings is 2. The molecule has 0 spiro atoms. The third-order valence-electron chi connectivity index (χ3n) is 7.14. The predicted molar refractivity (Wildman–Crippen MR) is 109 cm³/mol. The lowest BCUT2D eigenvalue weighted by atomic mass is 9.75. The summed E-state index contributed by atoms with van der Waals surface area (Å²) in [5, 5.41) is 11.1. The number of aryl methyl sites for hydroxylation is 1. The Hall–Kier alpha value is -1.59. The number of hydrogen-bond acceptors (Lipinski definition) is 4. The molecule has 0 radical (unpaired) electrons. The molecule has 0 unspecified atom stereocenters. The van der Waals surface area contributed by atoms with Gasteiger partial charge in [0.15, 0.2) is 0 Å². The molecular formula is C23H34N2O3. The van der Waals surface area contributed by atoms with E-state index in [1.807, 2.05) is 17.0 Å². The number of ether oxygens (including phenoxy) is 1. The summed E-state index contributed by atoms with van der Waals surface area (Å²) >= 11 is 0. The predicted octanol–water partition coefficient (Wildman–Crippen LogP) is 2.71. The summed E-state index contributed by atoms with van der Waals surface area (Å²) in [7, 11) is 0. The molecule has 5 nitrogen and oxygen atoms in total. The smallest absolute Gasteiger partial charge is 0.225 e. The van der Waals surface area contributed by atoms with Crippen LogP contribution in [0.4, 0.5) is 0 Å². The molecule has 1 amide bonds. The molecule has 28 heavy (non-hydrogen) atoms. The Morgan fingerprint density at radius 2 is 2.00 bits per heavy atom. The van der Waals surface area contributed by atoms with Crippen molar-refractivity contribution in [3.63, 3.8) is 0 Å². The lowest BCUT2D eigenvalue weighted by Crippen LogP contribution is -2.61. The molecule has 2 heterocycles. The second-order valence-corrected chi connectivity index (χ2v) is 8.82. The van der Waals surface area contributed by atoms with Crippen LogP contribution in [0.5, 0.6) is 5.75 Å². The highest BCUT2D eigenvalue weighted by molar-refractivity contribution is 5.79. The summed E-state index contributed by atoms with van der Waals surface area (Å²) in [6, 6.07) is 8.23. The van der Waals surface area contributed by atoms with E-state index in [2.05, 4.69) is 24.0 Å². The number of benzene rings is 1. The van der Waals surface area contributed by atoms with Gasteiger partial charge in [0.05, 0.1) is 5.60 Å². The van der Waals surface area contributed by atoms with E-state index >= 15 is 0 Å². The van der Waals surface area contributed by atoms with E-state index in [9.17, 15) is 9.90 Å². The number of amides is 1. The van der Waals surface area contributed by atoms with Crippen molar-refractivity contribution in [1.82, 2.24) is 9.80 Å². The van der Waals surface area contributed by atoms with Crippen LogP contribution in [-0.2, 0) is 11.2 Å². The molecule has 3 fully saturated rings. The van der Waals surface area contributed by atoms with E-state index in [-0.39, 0.29) is 11.8 Å². The first-order valence-corrected chi connectivity index (χ1v) is 11.0. The molecule has 1 aromatic carbocycles. The average Bonchev–Trinajstić information content (AvgIpc) is 2.66. The molecule has 1 saturated carbocycles. The summed E-state index contributed by atoms with van der Waals surface area (Å²) in [6.45, 7) is 6.86. The summed E-state index contributed by atoms with van der Waals surface area (Å²) in [5.41, 5.74) is 0.649. The highest BCUT2D eigenvalue weighted by atomic mass is 16.5. The maximum absolute atomic E-state index is 12.6. The molecule has 0 bridgehead atoms. The Kier molecular flexibility index (Phi) is 5.93. The Balaban J connectivity index is 1.30. The van der Waals surface area contributed by atoms with Crippen LogP contribution < -0.4 is 4.74 Å². The van der Waals surface area contributed by atoms with Crippen LogP contribution in [0.2, 0.25) is 0 Å². The molecule has 154 valence electrons. The summed E-state index contributed by atoms with van der Waals surface area (Å²) in [4.78, 5) is 17.1. The number of hydrogen-bond donors (Lipinski definition) is 1. The van der Waals surface area contributed by atoms with Gasteiger partial charge in [-0.25, -0.2) is 0 Å². The first-order chi connectivity index (χ1) is 13.6. The molecule has 2 aliphatic heterocycles. The van der Waals surface area contributed by atoms with E-state index < -0.39 is 5.60 Å². The largest absolute Gasteiger partial charge is 0.492 e. The fourth-order valence-corrected chi connectivity index (χ4v) is 4.91. The van der Waals surface area contributed by atoms with Gasteiger partial charge in [-0.15, -0.1) is 0 Å². The van der Waals surface area contributed by atoms with E-state index in [1.165, 1.54) is 12.0 Å².